The molecular weight excluding hydrogens is 242 g/mol. The maximum absolute atomic E-state index is 11.5. The number of para-hydroxylation sites is 1. The lowest BCUT2D eigenvalue weighted by Gasteiger charge is -2.00. The monoisotopic (exact) mass is 251 g/mol. The Hall–Kier alpha value is -1.81. The molecule has 0 unspecified atom stereocenters. The van der Waals surface area contributed by atoms with Crippen LogP contribution in [0, 0.1) is 0 Å². The van der Waals surface area contributed by atoms with Crippen LogP contribution in [0.4, 0.5) is 0 Å². The van der Waals surface area contributed by atoms with E-state index >= 15 is 0 Å². The molecule has 0 aliphatic heterocycles. The van der Waals surface area contributed by atoms with Crippen LogP contribution >= 0.6 is 11.6 Å². The van der Waals surface area contributed by atoms with Crippen molar-refractivity contribution in [2.24, 2.45) is 0 Å². The first-order valence-corrected chi connectivity index (χ1v) is 5.38. The Kier molecular flexibility index (Phi) is 2.90. The molecule has 0 bridgehead atoms. The summed E-state index contributed by atoms with van der Waals surface area (Å²) >= 11 is 6.06. The van der Waals surface area contributed by atoms with Crippen molar-refractivity contribution < 1.29 is 14.3 Å². The largest absolute Gasteiger partial charge is 0.423 e. The summed E-state index contributed by atoms with van der Waals surface area (Å²) in [4.78, 5) is 22.5. The van der Waals surface area contributed by atoms with E-state index < -0.39 is 5.97 Å². The van der Waals surface area contributed by atoms with Crippen molar-refractivity contribution in [3.63, 3.8) is 0 Å². The van der Waals surface area contributed by atoms with E-state index in [4.69, 9.17) is 16.3 Å². The molecule has 2 rings (SSSR count). The van der Waals surface area contributed by atoms with E-state index in [1.54, 1.807) is 24.3 Å². The minimum Gasteiger partial charge on any atom is -0.423 e. The average molecular weight is 252 g/mol. The highest BCUT2D eigenvalue weighted by atomic mass is 35.5. The van der Waals surface area contributed by atoms with Gasteiger partial charge in [-0.1, -0.05) is 23.7 Å². The van der Waals surface area contributed by atoms with Crippen LogP contribution in [0.3, 0.4) is 0 Å². The molecule has 0 spiro atoms. The van der Waals surface area contributed by atoms with Gasteiger partial charge < -0.3 is 4.74 Å². The SMILES string of the molecule is CC(=O)Oc1c(Cl)n(C(C)=O)c2ccccc12. The molecule has 1 aromatic heterocycles. The molecule has 0 aliphatic carbocycles. The number of rotatable bonds is 1. The van der Waals surface area contributed by atoms with Gasteiger partial charge >= 0.3 is 5.97 Å². The van der Waals surface area contributed by atoms with Crippen LogP contribution in [-0.4, -0.2) is 16.4 Å². The van der Waals surface area contributed by atoms with Gasteiger partial charge in [-0.3, -0.25) is 14.2 Å². The van der Waals surface area contributed by atoms with Gasteiger partial charge in [0, 0.05) is 19.2 Å². The van der Waals surface area contributed by atoms with Gasteiger partial charge in [0.15, 0.2) is 10.9 Å². The zero-order valence-corrected chi connectivity index (χ0v) is 10.1. The maximum Gasteiger partial charge on any atom is 0.308 e. The Labute approximate surface area is 103 Å². The number of carbonyl (C=O) groups is 2. The first-order chi connectivity index (χ1) is 8.02. The molecule has 0 fully saturated rings. The van der Waals surface area contributed by atoms with Crippen LogP contribution in [0.15, 0.2) is 24.3 Å². The second kappa shape index (κ2) is 4.22. The van der Waals surface area contributed by atoms with Crippen molar-refractivity contribution in [3.8, 4) is 5.75 Å². The quantitative estimate of drug-likeness (QED) is 0.732. The fourth-order valence-electron chi connectivity index (χ4n) is 1.73. The van der Waals surface area contributed by atoms with Crippen LogP contribution in [0.1, 0.15) is 18.6 Å². The molecule has 1 aromatic carbocycles. The number of esters is 1. The van der Waals surface area contributed by atoms with Gasteiger partial charge in [-0.25, -0.2) is 0 Å². The molecule has 5 heteroatoms. The van der Waals surface area contributed by atoms with Crippen molar-refractivity contribution >= 4 is 34.4 Å². The second-order valence-electron chi connectivity index (χ2n) is 3.59. The van der Waals surface area contributed by atoms with E-state index in [2.05, 4.69) is 0 Å². The van der Waals surface area contributed by atoms with E-state index in [0.717, 1.165) is 0 Å². The number of nitrogens with zero attached hydrogens (tertiary/aromatic N) is 1. The summed E-state index contributed by atoms with van der Waals surface area (Å²) in [6.45, 7) is 2.69. The van der Waals surface area contributed by atoms with Gasteiger partial charge in [-0.15, -0.1) is 0 Å². The predicted octanol–water partition coefficient (Wildman–Crippen LogP) is 2.88. The number of halogens is 1. The number of carbonyl (C=O) groups excluding carboxylic acids is 2. The molecule has 2 aromatic rings. The normalized spacial score (nSPS) is 10.5. The van der Waals surface area contributed by atoms with Gasteiger partial charge in [0.1, 0.15) is 0 Å². The van der Waals surface area contributed by atoms with E-state index in [1.165, 1.54) is 18.4 Å². The van der Waals surface area contributed by atoms with E-state index in [1.807, 2.05) is 0 Å². The lowest BCUT2D eigenvalue weighted by Crippen LogP contribution is -2.06. The third-order valence-corrected chi connectivity index (χ3v) is 2.67. The van der Waals surface area contributed by atoms with Gasteiger partial charge in [0.2, 0.25) is 5.91 Å². The molecule has 0 aliphatic rings. The second-order valence-corrected chi connectivity index (χ2v) is 3.94. The zero-order chi connectivity index (χ0) is 12.6. The zero-order valence-electron chi connectivity index (χ0n) is 9.36. The highest BCUT2D eigenvalue weighted by Crippen LogP contribution is 2.36. The first-order valence-electron chi connectivity index (χ1n) is 5.00. The van der Waals surface area contributed by atoms with E-state index in [9.17, 15) is 9.59 Å². The van der Waals surface area contributed by atoms with Crippen molar-refractivity contribution in [1.29, 1.82) is 0 Å². The summed E-state index contributed by atoms with van der Waals surface area (Å²) in [6, 6.07) is 7.07. The van der Waals surface area contributed by atoms with Gasteiger partial charge in [0.05, 0.1) is 5.52 Å². The predicted molar refractivity (Wildman–Crippen MR) is 64.6 cm³/mol. The van der Waals surface area contributed by atoms with Crippen LogP contribution in [-0.2, 0) is 4.79 Å². The van der Waals surface area contributed by atoms with Gasteiger partial charge in [0.25, 0.3) is 0 Å². The number of benzene rings is 1. The number of hydrogen-bond acceptors (Lipinski definition) is 3. The van der Waals surface area contributed by atoms with Crippen molar-refractivity contribution in [2.75, 3.05) is 0 Å². The molecular formula is C12H10ClNO3. The number of aromatic nitrogens is 1. The summed E-state index contributed by atoms with van der Waals surface area (Å²) in [7, 11) is 0. The minimum absolute atomic E-state index is 0.119. The van der Waals surface area contributed by atoms with E-state index in [0.29, 0.717) is 10.9 Å². The summed E-state index contributed by atoms with van der Waals surface area (Å²) in [6.07, 6.45) is 0. The van der Waals surface area contributed by atoms with Crippen LogP contribution < -0.4 is 4.74 Å². The molecule has 0 saturated heterocycles. The third-order valence-electron chi connectivity index (χ3n) is 2.33. The highest BCUT2D eigenvalue weighted by molar-refractivity contribution is 6.34. The Morgan fingerprint density at radius 3 is 2.47 bits per heavy atom. The number of ether oxygens (including phenoxy) is 1. The van der Waals surface area contributed by atoms with Crippen LogP contribution in [0.2, 0.25) is 5.15 Å². The summed E-state index contributed by atoms with van der Waals surface area (Å²) in [5.74, 6) is -0.479. The number of fused-ring (bicyclic) bond motifs is 1. The van der Waals surface area contributed by atoms with Crippen molar-refractivity contribution in [2.45, 2.75) is 13.8 Å². The molecule has 88 valence electrons. The fraction of sp³-hybridized carbons (Fsp3) is 0.167. The van der Waals surface area contributed by atoms with Gasteiger partial charge in [-0.2, -0.15) is 0 Å². The van der Waals surface area contributed by atoms with Crippen molar-refractivity contribution in [1.82, 2.24) is 4.57 Å². The molecule has 0 amide bonds. The summed E-state index contributed by atoms with van der Waals surface area (Å²) in [5.41, 5.74) is 0.626. The highest BCUT2D eigenvalue weighted by Gasteiger charge is 2.20. The Balaban J connectivity index is 2.79. The van der Waals surface area contributed by atoms with E-state index in [-0.39, 0.29) is 16.8 Å². The molecule has 0 saturated carbocycles. The number of hydrogen-bond donors (Lipinski definition) is 0. The lowest BCUT2D eigenvalue weighted by atomic mass is 10.2. The maximum atomic E-state index is 11.5. The summed E-state index contributed by atoms with van der Waals surface area (Å²) < 4.78 is 6.36. The minimum atomic E-state index is -0.474. The summed E-state index contributed by atoms with van der Waals surface area (Å²) in [5, 5.41) is 0.761. The molecule has 0 radical (unpaired) electrons. The van der Waals surface area contributed by atoms with Gasteiger partial charge in [-0.05, 0) is 12.1 Å². The van der Waals surface area contributed by atoms with Crippen molar-refractivity contribution in [3.05, 3.63) is 29.4 Å². The first kappa shape index (κ1) is 11.7. The molecule has 1 heterocycles. The Bertz CT molecular complexity index is 615. The lowest BCUT2D eigenvalue weighted by molar-refractivity contribution is -0.131. The molecule has 0 atom stereocenters. The molecule has 0 N–H and O–H groups in total. The smallest absolute Gasteiger partial charge is 0.308 e. The topological polar surface area (TPSA) is 48.3 Å². The average Bonchev–Trinajstić information content (AvgIpc) is 2.52. The Morgan fingerprint density at radius 2 is 1.88 bits per heavy atom. The third kappa shape index (κ3) is 1.91. The fourth-order valence-corrected chi connectivity index (χ4v) is 2.08. The molecule has 4 nitrogen and oxygen atoms in total. The van der Waals surface area contributed by atoms with Crippen LogP contribution in [0.5, 0.6) is 5.75 Å². The Morgan fingerprint density at radius 1 is 1.24 bits per heavy atom. The van der Waals surface area contributed by atoms with Crippen LogP contribution in [0.25, 0.3) is 10.9 Å². The standard InChI is InChI=1S/C12H10ClNO3/c1-7(15)14-10-6-4-3-5-9(10)11(12(14)13)17-8(2)16/h3-6H,1-2H3. The molecule has 17 heavy (non-hydrogen) atoms.